The lowest BCUT2D eigenvalue weighted by atomic mass is 10.1. The van der Waals surface area contributed by atoms with Gasteiger partial charge in [0.2, 0.25) is 0 Å². The lowest BCUT2D eigenvalue weighted by Crippen LogP contribution is -2.27. The zero-order valence-corrected chi connectivity index (χ0v) is 21.9. The fourth-order valence-electron chi connectivity index (χ4n) is 3.30. The van der Waals surface area contributed by atoms with Gasteiger partial charge in [-0.05, 0) is 66.2 Å². The van der Waals surface area contributed by atoms with Gasteiger partial charge in [0.1, 0.15) is 4.90 Å². The predicted molar refractivity (Wildman–Crippen MR) is 138 cm³/mol. The van der Waals surface area contributed by atoms with Crippen LogP contribution in [0.4, 0.5) is 4.79 Å². The van der Waals surface area contributed by atoms with E-state index in [-0.39, 0.29) is 33.1 Å². The van der Waals surface area contributed by atoms with E-state index < -0.39 is 16.0 Å². The summed E-state index contributed by atoms with van der Waals surface area (Å²) in [5.41, 5.74) is 2.29. The van der Waals surface area contributed by atoms with Crippen LogP contribution in [0.1, 0.15) is 16.7 Å². The molecule has 0 unspecified atom stereocenters. The minimum Gasteiger partial charge on any atom is -0.493 e. The van der Waals surface area contributed by atoms with E-state index in [1.54, 1.807) is 30.3 Å². The molecule has 1 heterocycles. The first kappa shape index (κ1) is 25.0. The largest absolute Gasteiger partial charge is 0.493 e. The van der Waals surface area contributed by atoms with Crippen LogP contribution in [-0.2, 0) is 21.5 Å². The molecule has 0 aromatic heterocycles. The third-order valence-electron chi connectivity index (χ3n) is 5.15. The van der Waals surface area contributed by atoms with Gasteiger partial charge in [0.15, 0.2) is 11.5 Å². The maximum Gasteiger partial charge on any atom is 0.339 e. The van der Waals surface area contributed by atoms with Gasteiger partial charge in [-0.15, -0.1) is 0 Å². The summed E-state index contributed by atoms with van der Waals surface area (Å²) in [6, 6.07) is 18.3. The molecule has 3 aromatic rings. The molecule has 0 atom stereocenters. The van der Waals surface area contributed by atoms with Gasteiger partial charge in [-0.1, -0.05) is 57.9 Å². The molecule has 2 amide bonds. The van der Waals surface area contributed by atoms with Crippen molar-refractivity contribution in [2.75, 3.05) is 7.11 Å². The maximum absolute atomic E-state index is 12.9. The van der Waals surface area contributed by atoms with E-state index in [4.69, 9.17) is 8.92 Å². The third-order valence-corrected chi connectivity index (χ3v) is 8.08. The number of hydrogen-bond acceptors (Lipinski definition) is 7. The topological polar surface area (TPSA) is 90.0 Å². The Hall–Kier alpha value is -3.08. The molecule has 0 aliphatic carbocycles. The summed E-state index contributed by atoms with van der Waals surface area (Å²) in [6.07, 6.45) is 1.56. The summed E-state index contributed by atoms with van der Waals surface area (Å²) < 4.78 is 36.7. The molecule has 0 saturated carbocycles. The number of amides is 2. The highest BCUT2D eigenvalue weighted by molar-refractivity contribution is 9.10. The summed E-state index contributed by atoms with van der Waals surface area (Å²) in [5.74, 6) is -0.230. The molecule has 180 valence electrons. The normalized spacial score (nSPS) is 15.1. The first-order valence-electron chi connectivity index (χ1n) is 10.4. The first-order valence-corrected chi connectivity index (χ1v) is 13.4. The van der Waals surface area contributed by atoms with Crippen LogP contribution in [0.15, 0.2) is 81.0 Å². The number of carbonyl (C=O) groups is 2. The van der Waals surface area contributed by atoms with Crippen molar-refractivity contribution >= 4 is 55.0 Å². The van der Waals surface area contributed by atoms with Crippen molar-refractivity contribution in [1.29, 1.82) is 0 Å². The molecule has 35 heavy (non-hydrogen) atoms. The van der Waals surface area contributed by atoms with Gasteiger partial charge < -0.3 is 8.92 Å². The number of benzene rings is 3. The van der Waals surface area contributed by atoms with Gasteiger partial charge >= 0.3 is 10.1 Å². The van der Waals surface area contributed by atoms with Crippen LogP contribution in [-0.4, -0.2) is 31.6 Å². The highest BCUT2D eigenvalue weighted by Crippen LogP contribution is 2.36. The maximum atomic E-state index is 12.9. The van der Waals surface area contributed by atoms with Gasteiger partial charge in [-0.2, -0.15) is 8.42 Å². The Balaban J connectivity index is 1.55. The number of carbonyl (C=O) groups excluding carboxylic acids is 2. The molecule has 1 fully saturated rings. The second kappa shape index (κ2) is 10.3. The van der Waals surface area contributed by atoms with Crippen molar-refractivity contribution in [2.24, 2.45) is 0 Å². The first-order chi connectivity index (χ1) is 16.7. The van der Waals surface area contributed by atoms with Crippen molar-refractivity contribution in [3.63, 3.8) is 0 Å². The van der Waals surface area contributed by atoms with Crippen molar-refractivity contribution in [3.8, 4) is 11.5 Å². The van der Waals surface area contributed by atoms with Crippen LogP contribution in [0.5, 0.6) is 11.5 Å². The van der Waals surface area contributed by atoms with Crippen molar-refractivity contribution in [3.05, 3.63) is 92.8 Å². The quantitative estimate of drug-likeness (QED) is 0.262. The van der Waals surface area contributed by atoms with E-state index >= 15 is 0 Å². The number of aryl methyl sites for hydroxylation is 1. The predicted octanol–water partition coefficient (Wildman–Crippen LogP) is 5.77. The SMILES string of the molecule is COc1cc(/C=C2\SC(=O)N(Cc3ccccc3Br)C2=O)ccc1OS(=O)(=O)c1ccc(C)cc1. The van der Waals surface area contributed by atoms with Gasteiger partial charge in [-0.25, -0.2) is 0 Å². The van der Waals surface area contributed by atoms with Crippen molar-refractivity contribution in [2.45, 2.75) is 18.4 Å². The average molecular weight is 574 g/mol. The molecule has 10 heteroatoms. The van der Waals surface area contributed by atoms with Crippen LogP contribution < -0.4 is 8.92 Å². The lowest BCUT2D eigenvalue weighted by molar-refractivity contribution is -0.123. The van der Waals surface area contributed by atoms with Gasteiger partial charge in [0.05, 0.1) is 18.6 Å². The Morgan fingerprint density at radius 2 is 1.71 bits per heavy atom. The van der Waals surface area contributed by atoms with E-state index in [9.17, 15) is 18.0 Å². The van der Waals surface area contributed by atoms with Crippen LogP contribution in [0.25, 0.3) is 6.08 Å². The molecule has 1 aliphatic rings. The standard InChI is InChI=1S/C25H20BrNO6S2/c1-16-7-10-19(11-8-16)35(30,31)33-21-12-9-17(13-22(21)32-2)14-23-24(28)27(25(29)34-23)15-18-5-3-4-6-20(18)26/h3-14H,15H2,1-2H3/b23-14-. The van der Waals surface area contributed by atoms with Crippen LogP contribution in [0.3, 0.4) is 0 Å². The van der Waals surface area contributed by atoms with E-state index in [2.05, 4.69) is 15.9 Å². The lowest BCUT2D eigenvalue weighted by Gasteiger charge is -2.13. The number of ether oxygens (including phenoxy) is 1. The molecule has 0 radical (unpaired) electrons. The molecule has 3 aromatic carbocycles. The highest BCUT2D eigenvalue weighted by Gasteiger charge is 2.35. The summed E-state index contributed by atoms with van der Waals surface area (Å²) >= 11 is 4.28. The Morgan fingerprint density at radius 1 is 1.00 bits per heavy atom. The van der Waals surface area contributed by atoms with E-state index in [0.717, 1.165) is 27.4 Å². The molecule has 0 bridgehead atoms. The third kappa shape index (κ3) is 5.61. The smallest absolute Gasteiger partial charge is 0.339 e. The zero-order valence-electron chi connectivity index (χ0n) is 18.7. The van der Waals surface area contributed by atoms with Gasteiger partial charge in [-0.3, -0.25) is 14.5 Å². The Morgan fingerprint density at radius 3 is 2.40 bits per heavy atom. The number of methoxy groups -OCH3 is 1. The Labute approximate surface area is 216 Å². The van der Waals surface area contributed by atoms with Crippen LogP contribution in [0.2, 0.25) is 0 Å². The van der Waals surface area contributed by atoms with Crippen molar-refractivity contribution in [1.82, 2.24) is 4.90 Å². The van der Waals surface area contributed by atoms with E-state index in [0.29, 0.717) is 5.56 Å². The molecule has 0 spiro atoms. The second-order valence-corrected chi connectivity index (χ2v) is 11.0. The fourth-order valence-corrected chi connectivity index (χ4v) is 5.49. The summed E-state index contributed by atoms with van der Waals surface area (Å²) in [4.78, 5) is 26.8. The minimum atomic E-state index is -4.06. The minimum absolute atomic E-state index is 0.00672. The monoisotopic (exact) mass is 573 g/mol. The van der Waals surface area contributed by atoms with E-state index in [1.165, 1.54) is 30.2 Å². The number of hydrogen-bond donors (Lipinski definition) is 0. The molecule has 1 aliphatic heterocycles. The number of thioether (sulfide) groups is 1. The summed E-state index contributed by atoms with van der Waals surface area (Å²) in [5, 5.41) is -0.367. The molecule has 7 nitrogen and oxygen atoms in total. The molecular weight excluding hydrogens is 554 g/mol. The highest BCUT2D eigenvalue weighted by atomic mass is 79.9. The average Bonchev–Trinajstić information content (AvgIpc) is 3.08. The molecular formula is C25H20BrNO6S2. The van der Waals surface area contributed by atoms with Crippen LogP contribution in [0, 0.1) is 6.92 Å². The van der Waals surface area contributed by atoms with E-state index in [1.807, 2.05) is 31.2 Å². The number of nitrogens with zero attached hydrogens (tertiary/aromatic N) is 1. The van der Waals surface area contributed by atoms with Crippen LogP contribution >= 0.6 is 27.7 Å². The Bertz CT molecular complexity index is 1430. The zero-order chi connectivity index (χ0) is 25.2. The number of imide groups is 1. The fraction of sp³-hybridized carbons (Fsp3) is 0.120. The summed E-state index contributed by atoms with van der Waals surface area (Å²) in [7, 11) is -2.68. The molecule has 1 saturated heterocycles. The molecule has 0 N–H and O–H groups in total. The number of rotatable bonds is 7. The number of halogens is 1. The Kier molecular flexibility index (Phi) is 7.34. The summed E-state index contributed by atoms with van der Waals surface area (Å²) in [6.45, 7) is 2.00. The van der Waals surface area contributed by atoms with Gasteiger partial charge in [0, 0.05) is 4.47 Å². The van der Waals surface area contributed by atoms with Crippen molar-refractivity contribution < 1.29 is 26.9 Å². The molecule has 4 rings (SSSR count). The second-order valence-electron chi connectivity index (χ2n) is 7.62. The van der Waals surface area contributed by atoms with Gasteiger partial charge in [0.25, 0.3) is 11.1 Å².